The molecule has 5 aromatic rings. The summed E-state index contributed by atoms with van der Waals surface area (Å²) in [5.74, 6) is 1.17. The van der Waals surface area contributed by atoms with Crippen LogP contribution in [-0.4, -0.2) is 51.3 Å². The van der Waals surface area contributed by atoms with Gasteiger partial charge < -0.3 is 9.47 Å². The number of fused-ring (bicyclic) bond motifs is 3. The van der Waals surface area contributed by atoms with E-state index in [4.69, 9.17) is 15.9 Å². The fraction of sp³-hybridized carbons (Fsp3) is 0.265. The second-order valence-corrected chi connectivity index (χ2v) is 11.1. The summed E-state index contributed by atoms with van der Waals surface area (Å²) in [6, 6.07) is 17.4. The van der Waals surface area contributed by atoms with Gasteiger partial charge in [-0.15, -0.1) is 6.42 Å². The Balaban J connectivity index is 1.33. The van der Waals surface area contributed by atoms with Gasteiger partial charge in [0.2, 0.25) is 5.88 Å². The monoisotopic (exact) mass is 580 g/mol. The molecule has 2 atom stereocenters. The molecule has 43 heavy (non-hydrogen) atoms. The number of hydrogen-bond donors (Lipinski definition) is 0. The normalized spacial score (nSPS) is 19.9. The zero-order valence-electron chi connectivity index (χ0n) is 23.2. The lowest BCUT2D eigenvalue weighted by Crippen LogP contribution is -2.43. The predicted octanol–water partition coefficient (Wildman–Crippen LogP) is 6.64. The lowest BCUT2D eigenvalue weighted by Gasteiger charge is -2.30. The minimum Gasteiger partial charge on any atom is -0.472 e. The summed E-state index contributed by atoms with van der Waals surface area (Å²) in [5, 5.41) is 1.28. The molecule has 3 aromatic carbocycles. The van der Waals surface area contributed by atoms with Crippen LogP contribution in [0.25, 0.3) is 32.9 Å². The van der Waals surface area contributed by atoms with Gasteiger partial charge in [0, 0.05) is 30.1 Å². The zero-order valence-corrected chi connectivity index (χ0v) is 23.2. The lowest BCUT2D eigenvalue weighted by atomic mass is 9.95. The summed E-state index contributed by atoms with van der Waals surface area (Å²) in [7, 11) is 0. The van der Waals surface area contributed by atoms with E-state index in [1.807, 2.05) is 30.3 Å². The fourth-order valence-corrected chi connectivity index (χ4v) is 6.44. The largest absolute Gasteiger partial charge is 0.472 e. The highest BCUT2D eigenvalue weighted by atomic mass is 19.1. The molecule has 0 radical (unpaired) electrons. The fourth-order valence-electron chi connectivity index (χ4n) is 6.44. The minimum atomic E-state index is -0.921. The Bertz CT molecular complexity index is 1900. The molecule has 2 aromatic heterocycles. The number of ether oxygens (including phenoxy) is 2. The third kappa shape index (κ3) is 4.82. The Kier molecular flexibility index (Phi) is 6.86. The maximum absolute atomic E-state index is 16.5. The first kappa shape index (κ1) is 27.2. The van der Waals surface area contributed by atoms with E-state index in [0.717, 1.165) is 24.9 Å². The van der Waals surface area contributed by atoms with Crippen LogP contribution < -0.4 is 9.47 Å². The molecule has 6 nitrogen and oxygen atoms in total. The first-order valence-electron chi connectivity index (χ1n) is 14.2. The van der Waals surface area contributed by atoms with Crippen LogP contribution in [0, 0.1) is 24.0 Å². The molecule has 2 aliphatic rings. The van der Waals surface area contributed by atoms with E-state index in [1.54, 1.807) is 24.3 Å². The van der Waals surface area contributed by atoms with Crippen molar-refractivity contribution in [1.29, 1.82) is 0 Å². The molecule has 0 bridgehead atoms. The Hall–Kier alpha value is -4.68. The summed E-state index contributed by atoms with van der Waals surface area (Å²) < 4.78 is 57.7. The van der Waals surface area contributed by atoms with Gasteiger partial charge in [-0.25, -0.2) is 13.2 Å². The summed E-state index contributed by atoms with van der Waals surface area (Å²) in [4.78, 5) is 15.5. The van der Waals surface area contributed by atoms with Crippen molar-refractivity contribution in [3.05, 3.63) is 89.6 Å². The molecule has 7 rings (SSSR count). The highest BCUT2D eigenvalue weighted by Gasteiger charge is 2.49. The molecule has 0 saturated carbocycles. The SMILES string of the molecule is C#Cc1c(F)ccc2cccc(-c3ncc4c(OCc5ccccc5)nc(OC[C@@]56CCCN5C[C@H](F)C6)nc4c3F)c12. The van der Waals surface area contributed by atoms with Crippen LogP contribution in [0.15, 0.2) is 66.9 Å². The van der Waals surface area contributed by atoms with Gasteiger partial charge in [0.1, 0.15) is 36.4 Å². The number of aromatic nitrogens is 3. The van der Waals surface area contributed by atoms with Crippen LogP contribution in [0.1, 0.15) is 30.4 Å². The van der Waals surface area contributed by atoms with E-state index < -0.39 is 23.3 Å². The van der Waals surface area contributed by atoms with E-state index in [-0.39, 0.29) is 47.3 Å². The third-order valence-corrected chi connectivity index (χ3v) is 8.47. The number of nitrogens with zero attached hydrogens (tertiary/aromatic N) is 4. The zero-order chi connectivity index (χ0) is 29.6. The highest BCUT2D eigenvalue weighted by molar-refractivity contribution is 6.01. The Morgan fingerprint density at radius 3 is 2.72 bits per heavy atom. The molecular weight excluding hydrogens is 553 g/mol. The first-order valence-corrected chi connectivity index (χ1v) is 14.2. The van der Waals surface area contributed by atoms with Crippen molar-refractivity contribution in [2.75, 3.05) is 19.7 Å². The summed E-state index contributed by atoms with van der Waals surface area (Å²) in [6.07, 6.45) is 8.30. The van der Waals surface area contributed by atoms with Crippen molar-refractivity contribution in [3.8, 4) is 35.5 Å². The number of rotatable bonds is 7. The number of hydrogen-bond acceptors (Lipinski definition) is 6. The molecule has 216 valence electrons. The summed E-state index contributed by atoms with van der Waals surface area (Å²) in [6.45, 7) is 1.53. The number of benzene rings is 3. The van der Waals surface area contributed by atoms with Crippen LogP contribution in [0.3, 0.4) is 0 Å². The van der Waals surface area contributed by atoms with Crippen molar-refractivity contribution >= 4 is 21.7 Å². The van der Waals surface area contributed by atoms with Gasteiger partial charge in [-0.2, -0.15) is 9.97 Å². The molecule has 0 N–H and O–H groups in total. The molecule has 0 amide bonds. The van der Waals surface area contributed by atoms with Crippen LogP contribution in [0.4, 0.5) is 13.2 Å². The highest BCUT2D eigenvalue weighted by Crippen LogP contribution is 2.41. The molecule has 2 fully saturated rings. The van der Waals surface area contributed by atoms with Gasteiger partial charge in [-0.1, -0.05) is 60.5 Å². The Labute approximate surface area is 246 Å². The average molecular weight is 581 g/mol. The summed E-state index contributed by atoms with van der Waals surface area (Å²) in [5.41, 5.74) is 0.693. The van der Waals surface area contributed by atoms with Crippen molar-refractivity contribution in [2.24, 2.45) is 0 Å². The molecule has 4 heterocycles. The third-order valence-electron chi connectivity index (χ3n) is 8.47. The second-order valence-electron chi connectivity index (χ2n) is 11.1. The van der Waals surface area contributed by atoms with E-state index in [1.165, 1.54) is 12.3 Å². The van der Waals surface area contributed by atoms with E-state index in [9.17, 15) is 8.78 Å². The van der Waals surface area contributed by atoms with Gasteiger partial charge in [0.25, 0.3) is 0 Å². The average Bonchev–Trinajstić information content (AvgIpc) is 3.55. The van der Waals surface area contributed by atoms with Crippen LogP contribution >= 0.6 is 0 Å². The van der Waals surface area contributed by atoms with Gasteiger partial charge in [-0.05, 0) is 36.4 Å². The number of terminal acetylenes is 1. The topological polar surface area (TPSA) is 60.4 Å². The molecule has 0 spiro atoms. The number of alkyl halides is 1. The van der Waals surface area contributed by atoms with Crippen molar-refractivity contribution < 1.29 is 22.6 Å². The molecular formula is C34H27F3N4O2. The molecule has 2 saturated heterocycles. The smallest absolute Gasteiger partial charge is 0.320 e. The van der Waals surface area contributed by atoms with Crippen LogP contribution in [0.5, 0.6) is 11.9 Å². The quantitative estimate of drug-likeness (QED) is 0.201. The van der Waals surface area contributed by atoms with Crippen LogP contribution in [-0.2, 0) is 6.61 Å². The number of pyridine rings is 1. The lowest BCUT2D eigenvalue weighted by molar-refractivity contribution is 0.106. The number of halogens is 3. The maximum Gasteiger partial charge on any atom is 0.320 e. The minimum absolute atomic E-state index is 0.0242. The van der Waals surface area contributed by atoms with Crippen molar-refractivity contribution in [2.45, 2.75) is 37.6 Å². The van der Waals surface area contributed by atoms with E-state index in [2.05, 4.69) is 25.8 Å². The maximum atomic E-state index is 16.5. The Morgan fingerprint density at radius 1 is 1.02 bits per heavy atom. The van der Waals surface area contributed by atoms with Gasteiger partial charge in [0.05, 0.1) is 16.5 Å². The molecule has 0 aliphatic carbocycles. The van der Waals surface area contributed by atoms with Crippen molar-refractivity contribution in [1.82, 2.24) is 19.9 Å². The molecule has 2 aliphatic heterocycles. The second kappa shape index (κ2) is 10.9. The van der Waals surface area contributed by atoms with E-state index >= 15 is 4.39 Å². The molecule has 0 unspecified atom stereocenters. The molecule has 9 heteroatoms. The predicted molar refractivity (Wildman–Crippen MR) is 157 cm³/mol. The standard InChI is InChI=1S/C34H27F3N4O2/c1-2-24-27(36)13-12-22-10-6-11-25(28(22)24)30-29(37)31-26(17-38-30)32(42-19-21-8-4-3-5-9-21)40-33(39-31)43-20-34-14-7-15-41(34)18-23(35)16-34/h1,3-6,8-13,17,23H,7,14-16,18-20H2/t23-,34+/m1/s1. The Morgan fingerprint density at radius 2 is 1.88 bits per heavy atom. The van der Waals surface area contributed by atoms with E-state index in [0.29, 0.717) is 29.3 Å². The van der Waals surface area contributed by atoms with Crippen LogP contribution in [0.2, 0.25) is 0 Å². The van der Waals surface area contributed by atoms with Crippen molar-refractivity contribution in [3.63, 3.8) is 0 Å². The first-order chi connectivity index (χ1) is 21.0. The van der Waals surface area contributed by atoms with Gasteiger partial charge >= 0.3 is 6.01 Å². The summed E-state index contributed by atoms with van der Waals surface area (Å²) >= 11 is 0. The van der Waals surface area contributed by atoms with Gasteiger partial charge in [-0.3, -0.25) is 9.88 Å². The van der Waals surface area contributed by atoms with Gasteiger partial charge in [0.15, 0.2) is 5.82 Å².